The van der Waals surface area contributed by atoms with Crippen molar-refractivity contribution in [2.24, 2.45) is 11.8 Å². The van der Waals surface area contributed by atoms with Crippen molar-refractivity contribution in [2.45, 2.75) is 58.5 Å². The topological polar surface area (TPSA) is 27.0 Å². The fraction of sp³-hybridized carbons (Fsp3) is 0.706. The van der Waals surface area contributed by atoms with E-state index in [1.165, 1.54) is 30.6 Å². The van der Waals surface area contributed by atoms with Crippen LogP contribution in [-0.2, 0) is 6.54 Å². The van der Waals surface area contributed by atoms with E-state index in [0.29, 0.717) is 6.04 Å². The fourth-order valence-corrected chi connectivity index (χ4v) is 4.25. The number of nitrogens with zero attached hydrogens (tertiary/aromatic N) is 2. The number of nitriles is 1. The summed E-state index contributed by atoms with van der Waals surface area (Å²) in [6, 6.07) is 7.36. The molecule has 0 bridgehead atoms. The Labute approximate surface area is 127 Å². The summed E-state index contributed by atoms with van der Waals surface area (Å²) in [6.45, 7) is 6.55. The summed E-state index contributed by atoms with van der Waals surface area (Å²) < 4.78 is 0. The zero-order valence-electron chi connectivity index (χ0n) is 12.7. The lowest BCUT2D eigenvalue weighted by atomic mass is 9.76. The van der Waals surface area contributed by atoms with Gasteiger partial charge in [0.2, 0.25) is 0 Å². The molecule has 1 aromatic rings. The maximum Gasteiger partial charge on any atom is 0.0672 e. The van der Waals surface area contributed by atoms with Crippen LogP contribution in [0.15, 0.2) is 17.5 Å². The van der Waals surface area contributed by atoms with Crippen LogP contribution < -0.4 is 0 Å². The first-order valence-electron chi connectivity index (χ1n) is 7.94. The second-order valence-corrected chi connectivity index (χ2v) is 6.95. The molecular weight excluding hydrogens is 264 g/mol. The molecule has 3 unspecified atom stereocenters. The van der Waals surface area contributed by atoms with E-state index in [1.807, 2.05) is 11.3 Å². The van der Waals surface area contributed by atoms with Gasteiger partial charge in [-0.25, -0.2) is 0 Å². The minimum absolute atomic E-state index is 0.225. The van der Waals surface area contributed by atoms with Crippen molar-refractivity contribution < 1.29 is 0 Å². The summed E-state index contributed by atoms with van der Waals surface area (Å²) in [6.07, 6.45) is 6.15. The highest BCUT2D eigenvalue weighted by Crippen LogP contribution is 2.35. The van der Waals surface area contributed by atoms with E-state index in [4.69, 9.17) is 0 Å². The molecule has 0 radical (unpaired) electrons. The number of hydrogen-bond donors (Lipinski definition) is 0. The van der Waals surface area contributed by atoms with Crippen LogP contribution in [0.1, 0.15) is 50.8 Å². The highest BCUT2D eigenvalue weighted by molar-refractivity contribution is 7.09. The van der Waals surface area contributed by atoms with E-state index in [1.54, 1.807) is 0 Å². The van der Waals surface area contributed by atoms with Crippen molar-refractivity contribution >= 4 is 11.3 Å². The first-order chi connectivity index (χ1) is 9.78. The van der Waals surface area contributed by atoms with E-state index in [-0.39, 0.29) is 5.92 Å². The van der Waals surface area contributed by atoms with Crippen LogP contribution in [0.5, 0.6) is 0 Å². The highest BCUT2D eigenvalue weighted by Gasteiger charge is 2.33. The molecule has 1 saturated carbocycles. The molecule has 0 N–H and O–H groups in total. The Kier molecular flexibility index (Phi) is 6.06. The lowest BCUT2D eigenvalue weighted by Crippen LogP contribution is -2.43. The van der Waals surface area contributed by atoms with Gasteiger partial charge in [-0.3, -0.25) is 4.90 Å². The van der Waals surface area contributed by atoms with Gasteiger partial charge < -0.3 is 0 Å². The lowest BCUT2D eigenvalue weighted by Gasteiger charge is -2.39. The van der Waals surface area contributed by atoms with Gasteiger partial charge in [-0.05, 0) is 43.2 Å². The molecule has 0 saturated heterocycles. The average molecular weight is 290 g/mol. The van der Waals surface area contributed by atoms with E-state index in [9.17, 15) is 5.26 Å². The molecule has 0 aliphatic heterocycles. The second kappa shape index (κ2) is 7.81. The molecule has 110 valence electrons. The highest BCUT2D eigenvalue weighted by atomic mass is 32.1. The van der Waals surface area contributed by atoms with Crippen molar-refractivity contribution in [2.75, 3.05) is 6.54 Å². The van der Waals surface area contributed by atoms with E-state index in [0.717, 1.165) is 25.4 Å². The third-order valence-corrected chi connectivity index (χ3v) is 5.46. The van der Waals surface area contributed by atoms with Crippen LogP contribution >= 0.6 is 11.3 Å². The number of rotatable bonds is 6. The van der Waals surface area contributed by atoms with Gasteiger partial charge in [-0.1, -0.05) is 32.8 Å². The van der Waals surface area contributed by atoms with Gasteiger partial charge in [0, 0.05) is 17.5 Å². The monoisotopic (exact) mass is 290 g/mol. The smallest absolute Gasteiger partial charge is 0.0672 e. The summed E-state index contributed by atoms with van der Waals surface area (Å²) in [4.78, 5) is 3.95. The van der Waals surface area contributed by atoms with Crippen LogP contribution in [0, 0.1) is 23.2 Å². The summed E-state index contributed by atoms with van der Waals surface area (Å²) in [5.74, 6) is 1.05. The van der Waals surface area contributed by atoms with Crippen LogP contribution in [0.3, 0.4) is 0 Å². The van der Waals surface area contributed by atoms with E-state index >= 15 is 0 Å². The molecule has 3 atom stereocenters. The predicted molar refractivity (Wildman–Crippen MR) is 85.5 cm³/mol. The van der Waals surface area contributed by atoms with E-state index in [2.05, 4.69) is 42.3 Å². The zero-order valence-corrected chi connectivity index (χ0v) is 13.5. The molecule has 3 heteroatoms. The Hall–Kier alpha value is -0.850. The third kappa shape index (κ3) is 3.84. The molecule has 0 amide bonds. The Bertz CT molecular complexity index is 421. The zero-order chi connectivity index (χ0) is 14.4. The lowest BCUT2D eigenvalue weighted by molar-refractivity contribution is 0.0971. The normalized spacial score (nSPS) is 26.6. The SMILES string of the molecule is CCCC1CCC(C#N)C(N(CC)Cc2cccs2)C1. The van der Waals surface area contributed by atoms with E-state index < -0.39 is 0 Å². The van der Waals surface area contributed by atoms with Gasteiger partial charge in [0.05, 0.1) is 12.0 Å². The van der Waals surface area contributed by atoms with Gasteiger partial charge in [0.15, 0.2) is 0 Å². The molecule has 1 heterocycles. The van der Waals surface area contributed by atoms with Crippen LogP contribution in [0.25, 0.3) is 0 Å². The van der Waals surface area contributed by atoms with Crippen molar-refractivity contribution in [3.05, 3.63) is 22.4 Å². The largest absolute Gasteiger partial charge is 0.294 e. The molecule has 2 rings (SSSR count). The van der Waals surface area contributed by atoms with Gasteiger partial charge in [0.25, 0.3) is 0 Å². The maximum atomic E-state index is 9.47. The summed E-state index contributed by atoms with van der Waals surface area (Å²) in [7, 11) is 0. The van der Waals surface area contributed by atoms with Gasteiger partial charge in [-0.15, -0.1) is 11.3 Å². The molecular formula is C17H26N2S. The molecule has 1 fully saturated rings. The minimum atomic E-state index is 0.225. The molecule has 0 spiro atoms. The van der Waals surface area contributed by atoms with Crippen LogP contribution in [-0.4, -0.2) is 17.5 Å². The first-order valence-corrected chi connectivity index (χ1v) is 8.82. The van der Waals surface area contributed by atoms with Crippen molar-refractivity contribution in [3.8, 4) is 6.07 Å². The molecule has 1 aliphatic rings. The average Bonchev–Trinajstić information content (AvgIpc) is 2.98. The van der Waals surface area contributed by atoms with Crippen LogP contribution in [0.4, 0.5) is 0 Å². The Morgan fingerprint density at radius 2 is 2.25 bits per heavy atom. The Balaban J connectivity index is 2.05. The number of hydrogen-bond acceptors (Lipinski definition) is 3. The summed E-state index contributed by atoms with van der Waals surface area (Å²) in [5.41, 5.74) is 0. The minimum Gasteiger partial charge on any atom is -0.294 e. The fourth-order valence-electron chi connectivity index (χ4n) is 3.52. The standard InChI is InChI=1S/C17H26N2S/c1-3-6-14-8-9-15(12-18)17(11-14)19(4-2)13-16-7-5-10-20-16/h5,7,10,14-15,17H,3-4,6,8-9,11,13H2,1-2H3. The molecule has 1 aliphatic carbocycles. The third-order valence-electron chi connectivity index (χ3n) is 4.60. The van der Waals surface area contributed by atoms with Crippen molar-refractivity contribution in [1.29, 1.82) is 5.26 Å². The second-order valence-electron chi connectivity index (χ2n) is 5.91. The van der Waals surface area contributed by atoms with Gasteiger partial charge in [-0.2, -0.15) is 5.26 Å². The van der Waals surface area contributed by atoms with Gasteiger partial charge in [0.1, 0.15) is 0 Å². The van der Waals surface area contributed by atoms with Crippen molar-refractivity contribution in [3.63, 3.8) is 0 Å². The predicted octanol–water partition coefficient (Wildman–Crippen LogP) is 4.68. The molecule has 20 heavy (non-hydrogen) atoms. The maximum absolute atomic E-state index is 9.47. The van der Waals surface area contributed by atoms with Gasteiger partial charge >= 0.3 is 0 Å². The summed E-state index contributed by atoms with van der Waals surface area (Å²) in [5, 5.41) is 11.6. The van der Waals surface area contributed by atoms with Crippen LogP contribution in [0.2, 0.25) is 0 Å². The summed E-state index contributed by atoms with van der Waals surface area (Å²) >= 11 is 1.83. The van der Waals surface area contributed by atoms with Crippen molar-refractivity contribution in [1.82, 2.24) is 4.90 Å². The first kappa shape index (κ1) is 15.5. The Morgan fingerprint density at radius 3 is 2.85 bits per heavy atom. The Morgan fingerprint density at radius 1 is 1.40 bits per heavy atom. The quantitative estimate of drug-likeness (QED) is 0.760. The molecule has 1 aromatic heterocycles. The molecule has 0 aromatic carbocycles. The molecule has 2 nitrogen and oxygen atoms in total. The number of thiophene rings is 1.